The Morgan fingerprint density at radius 3 is 2.62 bits per heavy atom. The zero-order chi connectivity index (χ0) is 15.6. The molecule has 7 heteroatoms. The fourth-order valence-corrected chi connectivity index (χ4v) is 3.89. The first kappa shape index (κ1) is 15.7. The molecule has 0 aliphatic heterocycles. The van der Waals surface area contributed by atoms with Crippen molar-refractivity contribution in [2.45, 2.75) is 18.4 Å². The highest BCUT2D eigenvalue weighted by molar-refractivity contribution is 7.89. The molecule has 0 atom stereocenters. The van der Waals surface area contributed by atoms with Gasteiger partial charge in [-0.3, -0.25) is 0 Å². The van der Waals surface area contributed by atoms with Gasteiger partial charge in [-0.2, -0.15) is 4.31 Å². The number of nitrogens with zero attached hydrogens (tertiary/aromatic N) is 1. The van der Waals surface area contributed by atoms with Crippen LogP contribution in [0.25, 0.3) is 0 Å². The number of sulfonamides is 1. The van der Waals surface area contributed by atoms with Gasteiger partial charge in [0, 0.05) is 18.5 Å². The van der Waals surface area contributed by atoms with Crippen LogP contribution in [0.15, 0.2) is 40.6 Å². The Morgan fingerprint density at radius 1 is 1.33 bits per heavy atom. The second kappa shape index (κ2) is 5.97. The second-order valence-electron chi connectivity index (χ2n) is 4.62. The fraction of sp³-hybridized carbons (Fsp3) is 0.214. The van der Waals surface area contributed by atoms with E-state index in [1.807, 2.05) is 17.5 Å². The summed E-state index contributed by atoms with van der Waals surface area (Å²) in [5.41, 5.74) is 0.531. The van der Waals surface area contributed by atoms with Gasteiger partial charge in [0.1, 0.15) is 0 Å². The lowest BCUT2D eigenvalue weighted by atomic mass is 10.1. The summed E-state index contributed by atoms with van der Waals surface area (Å²) in [6, 6.07) is 7.86. The monoisotopic (exact) mass is 325 g/mol. The average Bonchev–Trinajstić information content (AvgIpc) is 2.91. The van der Waals surface area contributed by atoms with Gasteiger partial charge in [0.25, 0.3) is 0 Å². The van der Waals surface area contributed by atoms with Gasteiger partial charge < -0.3 is 5.11 Å². The van der Waals surface area contributed by atoms with E-state index in [0.717, 1.165) is 4.88 Å². The van der Waals surface area contributed by atoms with E-state index in [2.05, 4.69) is 0 Å². The SMILES string of the molecule is Cc1ccc(S(=O)(=O)N(C)Cc2cccs2)cc1C(=O)O. The van der Waals surface area contributed by atoms with Crippen LogP contribution in [0, 0.1) is 6.92 Å². The Bertz CT molecular complexity index is 751. The van der Waals surface area contributed by atoms with Crippen LogP contribution >= 0.6 is 11.3 Å². The first-order valence-electron chi connectivity index (χ1n) is 6.15. The summed E-state index contributed by atoms with van der Waals surface area (Å²) < 4.78 is 26.2. The number of aromatic carboxylic acids is 1. The number of thiophene rings is 1. The molecular formula is C14H15NO4S2. The molecule has 0 bridgehead atoms. The van der Waals surface area contributed by atoms with Crippen molar-refractivity contribution in [3.05, 3.63) is 51.7 Å². The van der Waals surface area contributed by atoms with Crippen LogP contribution in [0.2, 0.25) is 0 Å². The minimum atomic E-state index is -3.71. The van der Waals surface area contributed by atoms with Crippen LogP contribution in [0.3, 0.4) is 0 Å². The predicted octanol–water partition coefficient (Wildman–Crippen LogP) is 2.58. The summed E-state index contributed by atoms with van der Waals surface area (Å²) in [5.74, 6) is -1.13. The molecule has 0 saturated heterocycles. The Balaban J connectivity index is 2.35. The third-order valence-electron chi connectivity index (χ3n) is 3.11. The van der Waals surface area contributed by atoms with E-state index in [0.29, 0.717) is 5.56 Å². The Morgan fingerprint density at radius 2 is 2.05 bits per heavy atom. The molecule has 0 aliphatic rings. The predicted molar refractivity (Wildman–Crippen MR) is 81.1 cm³/mol. The fourth-order valence-electron chi connectivity index (χ4n) is 1.88. The number of carbonyl (C=O) groups is 1. The van der Waals surface area contributed by atoms with Crippen molar-refractivity contribution in [2.75, 3.05) is 7.05 Å². The topological polar surface area (TPSA) is 74.7 Å². The molecule has 21 heavy (non-hydrogen) atoms. The Labute approximate surface area is 127 Å². The van der Waals surface area contributed by atoms with Gasteiger partial charge in [0.15, 0.2) is 0 Å². The molecular weight excluding hydrogens is 310 g/mol. The maximum Gasteiger partial charge on any atom is 0.335 e. The van der Waals surface area contributed by atoms with Crippen molar-refractivity contribution in [1.29, 1.82) is 0 Å². The molecule has 0 aliphatic carbocycles. The van der Waals surface area contributed by atoms with Crippen LogP contribution in [0.5, 0.6) is 0 Å². The molecule has 112 valence electrons. The zero-order valence-corrected chi connectivity index (χ0v) is 13.2. The number of hydrogen-bond acceptors (Lipinski definition) is 4. The summed E-state index contributed by atoms with van der Waals surface area (Å²) in [7, 11) is -2.23. The highest BCUT2D eigenvalue weighted by Crippen LogP contribution is 2.21. The highest BCUT2D eigenvalue weighted by Gasteiger charge is 2.23. The van der Waals surface area contributed by atoms with Crippen LogP contribution in [0.4, 0.5) is 0 Å². The molecule has 2 aromatic rings. The van der Waals surface area contributed by atoms with E-state index < -0.39 is 16.0 Å². The number of carboxylic acid groups (broad SMARTS) is 1. The Kier molecular flexibility index (Phi) is 4.46. The molecule has 0 fully saturated rings. The second-order valence-corrected chi connectivity index (χ2v) is 7.70. The number of carboxylic acids is 1. The first-order valence-corrected chi connectivity index (χ1v) is 8.47. The summed E-state index contributed by atoms with van der Waals surface area (Å²) in [6.07, 6.45) is 0. The molecule has 1 N–H and O–H groups in total. The number of hydrogen-bond donors (Lipinski definition) is 1. The zero-order valence-electron chi connectivity index (χ0n) is 11.6. The maximum atomic E-state index is 12.5. The van der Waals surface area contributed by atoms with E-state index >= 15 is 0 Å². The summed E-state index contributed by atoms with van der Waals surface area (Å²) in [6.45, 7) is 1.89. The molecule has 0 saturated carbocycles. The molecule has 2 rings (SSSR count). The number of benzene rings is 1. The highest BCUT2D eigenvalue weighted by atomic mass is 32.2. The van der Waals surface area contributed by atoms with Crippen molar-refractivity contribution < 1.29 is 18.3 Å². The molecule has 0 radical (unpaired) electrons. The maximum absolute atomic E-state index is 12.5. The lowest BCUT2D eigenvalue weighted by molar-refractivity contribution is 0.0696. The molecule has 0 unspecified atom stereocenters. The van der Waals surface area contributed by atoms with Gasteiger partial charge in [-0.25, -0.2) is 13.2 Å². The third kappa shape index (κ3) is 3.31. The van der Waals surface area contributed by atoms with Gasteiger partial charge in [-0.1, -0.05) is 12.1 Å². The van der Waals surface area contributed by atoms with Crippen LogP contribution in [-0.2, 0) is 16.6 Å². The summed E-state index contributed by atoms with van der Waals surface area (Å²) >= 11 is 1.47. The minimum absolute atomic E-state index is 0.000554. The molecule has 1 heterocycles. The summed E-state index contributed by atoms with van der Waals surface area (Å²) in [5, 5.41) is 11.0. The molecule has 5 nitrogen and oxygen atoms in total. The lowest BCUT2D eigenvalue weighted by Crippen LogP contribution is -2.26. The van der Waals surface area contributed by atoms with E-state index in [1.54, 1.807) is 6.92 Å². The molecule has 1 aromatic carbocycles. The van der Waals surface area contributed by atoms with E-state index in [9.17, 15) is 13.2 Å². The largest absolute Gasteiger partial charge is 0.478 e. The lowest BCUT2D eigenvalue weighted by Gasteiger charge is -2.17. The first-order chi connectivity index (χ1) is 9.82. The van der Waals surface area contributed by atoms with Crippen LogP contribution < -0.4 is 0 Å². The van der Waals surface area contributed by atoms with Crippen molar-refractivity contribution in [3.63, 3.8) is 0 Å². The van der Waals surface area contributed by atoms with E-state index in [4.69, 9.17) is 5.11 Å². The minimum Gasteiger partial charge on any atom is -0.478 e. The molecule has 0 spiro atoms. The van der Waals surface area contributed by atoms with Gasteiger partial charge in [-0.05, 0) is 36.1 Å². The molecule has 0 amide bonds. The quantitative estimate of drug-likeness (QED) is 0.917. The third-order valence-corrected chi connectivity index (χ3v) is 5.77. The number of rotatable bonds is 5. The van der Waals surface area contributed by atoms with Crippen molar-refractivity contribution in [2.24, 2.45) is 0 Å². The van der Waals surface area contributed by atoms with Crippen molar-refractivity contribution >= 4 is 27.3 Å². The average molecular weight is 325 g/mol. The normalized spacial score (nSPS) is 11.8. The van der Waals surface area contributed by atoms with Crippen LogP contribution in [-0.4, -0.2) is 30.8 Å². The molecule has 1 aromatic heterocycles. The summed E-state index contributed by atoms with van der Waals surface area (Å²) in [4.78, 5) is 12.0. The van der Waals surface area contributed by atoms with Crippen molar-refractivity contribution in [1.82, 2.24) is 4.31 Å². The Hall–Kier alpha value is -1.70. The van der Waals surface area contributed by atoms with E-state index in [-0.39, 0.29) is 17.0 Å². The number of aryl methyl sites for hydroxylation is 1. The van der Waals surface area contributed by atoms with Gasteiger partial charge in [0.2, 0.25) is 10.0 Å². The van der Waals surface area contributed by atoms with E-state index in [1.165, 1.54) is 40.9 Å². The van der Waals surface area contributed by atoms with Crippen LogP contribution in [0.1, 0.15) is 20.8 Å². The van der Waals surface area contributed by atoms with Gasteiger partial charge in [-0.15, -0.1) is 11.3 Å². The standard InChI is InChI=1S/C14H15NO4S2/c1-10-5-6-12(8-13(10)14(16)17)21(18,19)15(2)9-11-4-3-7-20-11/h3-8H,9H2,1-2H3,(H,16,17). The van der Waals surface area contributed by atoms with Gasteiger partial charge in [0.05, 0.1) is 10.5 Å². The van der Waals surface area contributed by atoms with Crippen molar-refractivity contribution in [3.8, 4) is 0 Å². The smallest absolute Gasteiger partial charge is 0.335 e. The van der Waals surface area contributed by atoms with Gasteiger partial charge >= 0.3 is 5.97 Å².